The number of halogens is 1. The molecule has 4 heteroatoms. The van der Waals surface area contributed by atoms with Crippen LogP contribution in [0, 0.1) is 5.82 Å². The van der Waals surface area contributed by atoms with Crippen LogP contribution in [0.1, 0.15) is 5.56 Å². The molecule has 0 amide bonds. The summed E-state index contributed by atoms with van der Waals surface area (Å²) in [4.78, 5) is 15.0. The first-order valence-corrected chi connectivity index (χ1v) is 4.15. The summed E-state index contributed by atoms with van der Waals surface area (Å²) in [6.07, 6.45) is 1.44. The van der Waals surface area contributed by atoms with Crippen LogP contribution in [0.4, 0.5) is 10.1 Å². The second kappa shape index (κ2) is 4.53. The third-order valence-electron chi connectivity index (χ3n) is 1.83. The van der Waals surface area contributed by atoms with E-state index in [1.807, 2.05) is 0 Å². The second-order valence-corrected chi connectivity index (χ2v) is 3.05. The van der Waals surface area contributed by atoms with E-state index in [2.05, 4.69) is 4.99 Å². The summed E-state index contributed by atoms with van der Waals surface area (Å²) in [7, 11) is 3.49. The SMILES string of the molecule is CN(C)c1c(F)cccc1CN=C=O. The number of nitrogens with zero attached hydrogens (tertiary/aromatic N) is 2. The van der Waals surface area contributed by atoms with Gasteiger partial charge in [-0.25, -0.2) is 14.2 Å². The third-order valence-corrected chi connectivity index (χ3v) is 1.83. The minimum atomic E-state index is -0.311. The van der Waals surface area contributed by atoms with Crippen LogP contribution in [-0.2, 0) is 11.3 Å². The van der Waals surface area contributed by atoms with Crippen LogP contribution >= 0.6 is 0 Å². The number of isocyanates is 1. The maximum Gasteiger partial charge on any atom is 0.235 e. The van der Waals surface area contributed by atoms with E-state index < -0.39 is 0 Å². The van der Waals surface area contributed by atoms with Gasteiger partial charge in [0.1, 0.15) is 5.82 Å². The van der Waals surface area contributed by atoms with Crippen LogP contribution in [0.3, 0.4) is 0 Å². The lowest BCUT2D eigenvalue weighted by Crippen LogP contribution is -2.13. The number of rotatable bonds is 3. The Balaban J connectivity index is 3.13. The molecule has 14 heavy (non-hydrogen) atoms. The highest BCUT2D eigenvalue weighted by atomic mass is 19.1. The summed E-state index contributed by atoms with van der Waals surface area (Å²) in [6, 6.07) is 4.71. The molecule has 1 aromatic carbocycles. The van der Waals surface area contributed by atoms with Gasteiger partial charge in [0, 0.05) is 19.7 Å². The van der Waals surface area contributed by atoms with Crippen LogP contribution in [0.15, 0.2) is 23.2 Å². The maximum atomic E-state index is 13.3. The fourth-order valence-electron chi connectivity index (χ4n) is 1.31. The zero-order chi connectivity index (χ0) is 10.6. The quantitative estimate of drug-likeness (QED) is 0.542. The maximum absolute atomic E-state index is 13.3. The number of hydrogen-bond donors (Lipinski definition) is 0. The third kappa shape index (κ3) is 2.18. The molecule has 0 saturated heterocycles. The largest absolute Gasteiger partial charge is 0.375 e. The molecule has 0 spiro atoms. The Hall–Kier alpha value is -1.67. The molecule has 0 fully saturated rings. The molecule has 0 radical (unpaired) electrons. The standard InChI is InChI=1S/C10H11FN2O/c1-13(2)10-8(6-12-7-14)4-3-5-9(10)11/h3-5H,6H2,1-2H3. The summed E-state index contributed by atoms with van der Waals surface area (Å²) < 4.78 is 13.3. The number of aliphatic imine (C=N–C) groups is 1. The Bertz CT molecular complexity index is 370. The molecule has 0 unspecified atom stereocenters. The van der Waals surface area contributed by atoms with Crippen LogP contribution in [-0.4, -0.2) is 20.2 Å². The molecule has 0 atom stereocenters. The van der Waals surface area contributed by atoms with Crippen molar-refractivity contribution in [2.45, 2.75) is 6.54 Å². The Kier molecular flexibility index (Phi) is 3.37. The summed E-state index contributed by atoms with van der Waals surface area (Å²) in [5, 5.41) is 0. The first-order valence-electron chi connectivity index (χ1n) is 4.15. The van der Waals surface area contributed by atoms with Crippen molar-refractivity contribution >= 4 is 11.8 Å². The molecular weight excluding hydrogens is 183 g/mol. The molecular formula is C10H11FN2O. The van der Waals surface area contributed by atoms with E-state index in [4.69, 9.17) is 0 Å². The van der Waals surface area contributed by atoms with Gasteiger partial charge in [0.15, 0.2) is 0 Å². The lowest BCUT2D eigenvalue weighted by atomic mass is 10.1. The Morgan fingerprint density at radius 3 is 2.79 bits per heavy atom. The van der Waals surface area contributed by atoms with E-state index in [1.165, 1.54) is 12.1 Å². The first kappa shape index (κ1) is 10.4. The van der Waals surface area contributed by atoms with Gasteiger partial charge in [0.25, 0.3) is 0 Å². The van der Waals surface area contributed by atoms with Crippen LogP contribution in [0.5, 0.6) is 0 Å². The number of benzene rings is 1. The molecule has 1 rings (SSSR count). The number of hydrogen-bond acceptors (Lipinski definition) is 3. The molecule has 0 heterocycles. The van der Waals surface area contributed by atoms with Gasteiger partial charge in [0.2, 0.25) is 6.08 Å². The topological polar surface area (TPSA) is 32.7 Å². The molecule has 1 aromatic rings. The molecule has 0 saturated carbocycles. The number of carbonyl (C=O) groups excluding carboxylic acids is 1. The summed E-state index contributed by atoms with van der Waals surface area (Å²) >= 11 is 0. The molecule has 0 bridgehead atoms. The van der Waals surface area contributed by atoms with E-state index >= 15 is 0 Å². The van der Waals surface area contributed by atoms with Gasteiger partial charge in [-0.2, -0.15) is 0 Å². The predicted octanol–water partition coefficient (Wildman–Crippen LogP) is 1.73. The molecule has 74 valence electrons. The predicted molar refractivity (Wildman–Crippen MR) is 52.6 cm³/mol. The molecule has 0 N–H and O–H groups in total. The monoisotopic (exact) mass is 194 g/mol. The molecule has 0 aliphatic carbocycles. The van der Waals surface area contributed by atoms with Crippen molar-refractivity contribution in [3.63, 3.8) is 0 Å². The van der Waals surface area contributed by atoms with Crippen molar-refractivity contribution in [1.82, 2.24) is 0 Å². The lowest BCUT2D eigenvalue weighted by Gasteiger charge is -2.16. The Morgan fingerprint density at radius 2 is 2.21 bits per heavy atom. The minimum Gasteiger partial charge on any atom is -0.375 e. The van der Waals surface area contributed by atoms with E-state index in [9.17, 15) is 9.18 Å². The molecule has 3 nitrogen and oxygen atoms in total. The van der Waals surface area contributed by atoms with Gasteiger partial charge >= 0.3 is 0 Å². The Morgan fingerprint density at radius 1 is 1.50 bits per heavy atom. The van der Waals surface area contributed by atoms with Crippen molar-refractivity contribution in [3.8, 4) is 0 Å². The Labute approximate surface area is 81.9 Å². The average Bonchev–Trinajstić information content (AvgIpc) is 2.14. The minimum absolute atomic E-state index is 0.161. The fourth-order valence-corrected chi connectivity index (χ4v) is 1.31. The van der Waals surface area contributed by atoms with E-state index in [0.717, 1.165) is 0 Å². The first-order chi connectivity index (χ1) is 6.66. The van der Waals surface area contributed by atoms with Crippen LogP contribution in [0.2, 0.25) is 0 Å². The molecule has 0 aliphatic rings. The van der Waals surface area contributed by atoms with E-state index in [-0.39, 0.29) is 12.4 Å². The van der Waals surface area contributed by atoms with Crippen molar-refractivity contribution in [3.05, 3.63) is 29.6 Å². The van der Waals surface area contributed by atoms with E-state index in [0.29, 0.717) is 11.3 Å². The normalized spacial score (nSPS) is 9.36. The van der Waals surface area contributed by atoms with Crippen LogP contribution in [0.25, 0.3) is 0 Å². The smallest absolute Gasteiger partial charge is 0.235 e. The number of para-hydroxylation sites is 1. The van der Waals surface area contributed by atoms with Crippen LogP contribution < -0.4 is 4.90 Å². The summed E-state index contributed by atoms with van der Waals surface area (Å²) in [5.41, 5.74) is 1.14. The zero-order valence-corrected chi connectivity index (χ0v) is 8.12. The van der Waals surface area contributed by atoms with Gasteiger partial charge in [-0.1, -0.05) is 12.1 Å². The fraction of sp³-hybridized carbons (Fsp3) is 0.300. The second-order valence-electron chi connectivity index (χ2n) is 3.05. The van der Waals surface area contributed by atoms with Crippen molar-refractivity contribution in [1.29, 1.82) is 0 Å². The summed E-state index contributed by atoms with van der Waals surface area (Å²) in [6.45, 7) is 0.161. The van der Waals surface area contributed by atoms with Crippen molar-refractivity contribution in [2.75, 3.05) is 19.0 Å². The summed E-state index contributed by atoms with van der Waals surface area (Å²) in [5.74, 6) is -0.311. The van der Waals surface area contributed by atoms with Crippen molar-refractivity contribution < 1.29 is 9.18 Å². The van der Waals surface area contributed by atoms with E-state index in [1.54, 1.807) is 31.1 Å². The average molecular weight is 194 g/mol. The van der Waals surface area contributed by atoms with Gasteiger partial charge in [-0.05, 0) is 6.07 Å². The van der Waals surface area contributed by atoms with Crippen molar-refractivity contribution in [2.24, 2.45) is 4.99 Å². The zero-order valence-electron chi connectivity index (χ0n) is 8.12. The lowest BCUT2D eigenvalue weighted by molar-refractivity contribution is 0.562. The highest BCUT2D eigenvalue weighted by Crippen LogP contribution is 2.22. The highest BCUT2D eigenvalue weighted by molar-refractivity contribution is 5.54. The van der Waals surface area contributed by atoms with Gasteiger partial charge in [0.05, 0.1) is 12.2 Å². The molecule has 0 aromatic heterocycles. The van der Waals surface area contributed by atoms with Gasteiger partial charge < -0.3 is 4.90 Å². The van der Waals surface area contributed by atoms with Gasteiger partial charge in [-0.15, -0.1) is 0 Å². The van der Waals surface area contributed by atoms with Gasteiger partial charge in [-0.3, -0.25) is 0 Å². The highest BCUT2D eigenvalue weighted by Gasteiger charge is 2.09. The molecule has 0 aliphatic heterocycles. The number of anilines is 1.